The average molecular weight is 466 g/mol. The molecule has 0 saturated heterocycles. The molecule has 35 heavy (non-hydrogen) atoms. The molecule has 0 aliphatic heterocycles. The van der Waals surface area contributed by atoms with E-state index in [9.17, 15) is 1.37 Å². The van der Waals surface area contributed by atoms with Crippen LogP contribution in [0.2, 0.25) is 0 Å². The van der Waals surface area contributed by atoms with E-state index in [-0.39, 0.29) is 0 Å². The fraction of sp³-hybridized carbons (Fsp3) is 0.559. The van der Waals surface area contributed by atoms with Crippen molar-refractivity contribution < 1.29 is 5.94 Å². The number of aromatic nitrogens is 1. The van der Waals surface area contributed by atoms with Crippen molar-refractivity contribution in [2.45, 2.75) is 96.3 Å². The van der Waals surface area contributed by atoms with Crippen LogP contribution >= 0.6 is 0 Å². The van der Waals surface area contributed by atoms with Gasteiger partial charge in [-0.05, 0) is 134 Å². The maximum Gasteiger partial charge on any atom is 0.220 e. The minimum absolute atomic E-state index is 0.371. The average Bonchev–Trinajstić information content (AvgIpc) is 3.39. The third-order valence-corrected chi connectivity index (χ3v) is 10.9. The van der Waals surface area contributed by atoms with Crippen molar-refractivity contribution in [1.29, 1.82) is 0 Å². The number of benzene rings is 2. The third-order valence-electron chi connectivity index (χ3n) is 10.9. The highest BCUT2D eigenvalue weighted by atomic mass is 14.9. The predicted molar refractivity (Wildman–Crippen MR) is 146 cm³/mol. The van der Waals surface area contributed by atoms with Crippen LogP contribution in [0.4, 0.5) is 0 Å². The van der Waals surface area contributed by atoms with Crippen LogP contribution < -0.4 is 4.57 Å². The topological polar surface area (TPSA) is 3.88 Å². The van der Waals surface area contributed by atoms with Crippen LogP contribution in [0.15, 0.2) is 36.4 Å². The van der Waals surface area contributed by atoms with E-state index in [1.807, 2.05) is 0 Å². The first kappa shape index (κ1) is 21.0. The lowest BCUT2D eigenvalue weighted by Crippen LogP contribution is -2.48. The minimum atomic E-state index is 0.371. The van der Waals surface area contributed by atoms with Gasteiger partial charge in [0.25, 0.3) is 0 Å². The molecule has 1 aromatic heterocycles. The molecule has 0 spiro atoms. The van der Waals surface area contributed by atoms with Gasteiger partial charge in [-0.15, -0.1) is 0 Å². The molecule has 1 heterocycles. The van der Waals surface area contributed by atoms with Crippen molar-refractivity contribution in [2.75, 3.05) is 0 Å². The van der Waals surface area contributed by atoms with E-state index in [0.717, 1.165) is 28.8 Å². The van der Waals surface area contributed by atoms with Gasteiger partial charge in [-0.25, -0.2) is 0 Å². The Morgan fingerprint density at radius 1 is 0.886 bits per heavy atom. The highest BCUT2D eigenvalue weighted by molar-refractivity contribution is 5.94. The van der Waals surface area contributed by atoms with Gasteiger partial charge in [0.05, 0.1) is 12.3 Å². The van der Waals surface area contributed by atoms with Gasteiger partial charge in [-0.2, -0.15) is 4.57 Å². The number of rotatable bonds is 3. The summed E-state index contributed by atoms with van der Waals surface area (Å²) in [5.41, 5.74) is 9.97. The summed E-state index contributed by atoms with van der Waals surface area (Å²) in [5, 5.41) is 2.42. The Morgan fingerprint density at radius 2 is 1.54 bits per heavy atom. The Balaban J connectivity index is 1.41. The zero-order chi connectivity index (χ0) is 24.8. The van der Waals surface area contributed by atoms with Crippen molar-refractivity contribution >= 4 is 10.8 Å². The molecule has 8 rings (SSSR count). The molecular weight excluding hydrogens is 422 g/mol. The molecule has 0 amide bonds. The van der Waals surface area contributed by atoms with Gasteiger partial charge in [0.15, 0.2) is 5.69 Å². The lowest BCUT2D eigenvalue weighted by atomic mass is 9.48. The number of pyridine rings is 1. The second-order valence-electron chi connectivity index (χ2n) is 13.1. The van der Waals surface area contributed by atoms with Crippen molar-refractivity contribution in [1.82, 2.24) is 0 Å². The molecule has 5 aliphatic rings. The van der Waals surface area contributed by atoms with Gasteiger partial charge in [0.1, 0.15) is 7.05 Å². The van der Waals surface area contributed by atoms with E-state index < -0.39 is 0 Å². The second kappa shape index (κ2) is 7.92. The van der Waals surface area contributed by atoms with Crippen LogP contribution in [0.5, 0.6) is 0 Å². The zero-order valence-corrected chi connectivity index (χ0v) is 22.2. The maximum atomic E-state index is 9.17. The summed E-state index contributed by atoms with van der Waals surface area (Å²) >= 11 is 0. The van der Waals surface area contributed by atoms with Gasteiger partial charge in [-0.3, -0.25) is 0 Å². The van der Waals surface area contributed by atoms with Crippen molar-refractivity contribution in [3.05, 3.63) is 64.3 Å². The molecule has 5 aliphatic carbocycles. The Hall–Kier alpha value is -2.15. The van der Waals surface area contributed by atoms with Gasteiger partial charge in [0.2, 0.25) is 5.69 Å². The fourth-order valence-electron chi connectivity index (χ4n) is 9.23. The van der Waals surface area contributed by atoms with Crippen molar-refractivity contribution in [3.8, 4) is 11.3 Å². The lowest BCUT2D eigenvalue weighted by Gasteiger charge is -2.57. The van der Waals surface area contributed by atoms with Gasteiger partial charge in [0, 0.05) is 13.0 Å². The van der Waals surface area contributed by atoms with Crippen molar-refractivity contribution in [2.24, 2.45) is 24.8 Å². The summed E-state index contributed by atoms with van der Waals surface area (Å²) in [4.78, 5) is 0. The van der Waals surface area contributed by atoms with E-state index in [1.165, 1.54) is 103 Å². The fourth-order valence-corrected chi connectivity index (χ4v) is 9.23. The number of aryl methyl sites for hydroxylation is 1. The molecular formula is C34H42N+. The summed E-state index contributed by atoms with van der Waals surface area (Å²) in [6.45, 7) is 6.73. The highest BCUT2D eigenvalue weighted by Gasteiger charge is 2.51. The summed E-state index contributed by atoms with van der Waals surface area (Å²) in [6, 6.07) is 13.0. The van der Waals surface area contributed by atoms with Crippen LogP contribution in [0.1, 0.15) is 99.4 Å². The molecule has 5 saturated carbocycles. The van der Waals surface area contributed by atoms with E-state index >= 15 is 0 Å². The first-order valence-corrected chi connectivity index (χ1v) is 14.4. The summed E-state index contributed by atoms with van der Waals surface area (Å²) in [5.74, 6) is 3.53. The van der Waals surface area contributed by atoms with Gasteiger partial charge < -0.3 is 0 Å². The molecule has 0 radical (unpaired) electrons. The second-order valence-corrected chi connectivity index (χ2v) is 13.1. The molecule has 1 nitrogen and oxygen atoms in total. The molecule has 3 aromatic rings. The van der Waals surface area contributed by atoms with Crippen LogP contribution in [-0.2, 0) is 12.5 Å². The smallest absolute Gasteiger partial charge is 0.198 e. The first-order chi connectivity index (χ1) is 17.3. The van der Waals surface area contributed by atoms with Crippen molar-refractivity contribution in [3.63, 3.8) is 0 Å². The summed E-state index contributed by atoms with van der Waals surface area (Å²) in [6.07, 6.45) is 14.0. The number of hydrogen-bond donors (Lipinski definition) is 0. The van der Waals surface area contributed by atoms with Crippen LogP contribution in [0, 0.1) is 38.5 Å². The standard InChI is InChI=1S/C34H42N/c1-21-11-28(27-7-5-6-8-27)17-32(23(21)3)33-31-10-9-30(16-29(31)12-22(2)35(33)4)34-18-24-13-25(19-34)15-26(14-24)20-34/h9-12,16-17,24-27H,5-8,13-15,18-20H2,1-4H3/q+1/i12D. The molecule has 5 fully saturated rings. The normalized spacial score (nSPS) is 30.4. The molecule has 0 N–H and O–H groups in total. The van der Waals surface area contributed by atoms with Gasteiger partial charge >= 0.3 is 0 Å². The molecule has 4 bridgehead atoms. The first-order valence-electron chi connectivity index (χ1n) is 14.9. The highest BCUT2D eigenvalue weighted by Crippen LogP contribution is 2.61. The predicted octanol–water partition coefficient (Wildman–Crippen LogP) is 8.38. The van der Waals surface area contributed by atoms with E-state index in [4.69, 9.17) is 0 Å². The summed E-state index contributed by atoms with van der Waals surface area (Å²) in [7, 11) is 2.17. The Labute approximate surface area is 213 Å². The molecule has 0 unspecified atom stereocenters. The Bertz CT molecular complexity index is 1340. The summed E-state index contributed by atoms with van der Waals surface area (Å²) < 4.78 is 11.5. The number of hydrogen-bond acceptors (Lipinski definition) is 0. The van der Waals surface area contributed by atoms with E-state index in [2.05, 4.69) is 62.7 Å². The number of fused-ring (bicyclic) bond motifs is 1. The van der Waals surface area contributed by atoms with Crippen LogP contribution in [0.3, 0.4) is 0 Å². The molecule has 1 heteroatoms. The Morgan fingerprint density at radius 3 is 2.20 bits per heavy atom. The number of nitrogens with zero attached hydrogens (tertiary/aromatic N) is 1. The minimum Gasteiger partial charge on any atom is -0.198 e. The lowest BCUT2D eigenvalue weighted by molar-refractivity contribution is -0.665. The van der Waals surface area contributed by atoms with Crippen LogP contribution in [-0.4, -0.2) is 0 Å². The monoisotopic (exact) mass is 465 g/mol. The quantitative estimate of drug-likeness (QED) is 0.342. The zero-order valence-electron chi connectivity index (χ0n) is 23.2. The largest absolute Gasteiger partial charge is 0.220 e. The van der Waals surface area contributed by atoms with E-state index in [1.54, 1.807) is 0 Å². The maximum absolute atomic E-state index is 9.17. The molecule has 182 valence electrons. The molecule has 2 aromatic carbocycles. The third kappa shape index (κ3) is 3.44. The SMILES string of the molecule is [2H]c1c(C)[n+](C)c(-c2cc(C3CCCC3)cc(C)c2C)c2ccc(C34CC5CC(CC(C5)C3)C4)cc12. The molecule has 0 atom stereocenters. The van der Waals surface area contributed by atoms with Gasteiger partial charge in [-0.1, -0.05) is 31.0 Å². The van der Waals surface area contributed by atoms with Crippen LogP contribution in [0.25, 0.3) is 22.0 Å². The Kier molecular flexibility index (Phi) is 4.75. The van der Waals surface area contributed by atoms with E-state index in [0.29, 0.717) is 17.4 Å².